The second-order valence-electron chi connectivity index (χ2n) is 8.29. The van der Waals surface area contributed by atoms with Gasteiger partial charge in [-0.25, -0.2) is 4.79 Å². The van der Waals surface area contributed by atoms with Crippen LogP contribution in [0.3, 0.4) is 0 Å². The van der Waals surface area contributed by atoms with E-state index in [9.17, 15) is 18.0 Å². The van der Waals surface area contributed by atoms with Gasteiger partial charge in [0.25, 0.3) is 0 Å². The molecule has 6 heteroatoms. The number of carbonyl (C=O) groups is 1. The maximum absolute atomic E-state index is 12.4. The van der Waals surface area contributed by atoms with Gasteiger partial charge in [-0.2, -0.15) is 0 Å². The molecule has 1 fully saturated rings. The van der Waals surface area contributed by atoms with Crippen LogP contribution in [0.2, 0.25) is 0 Å². The molecule has 3 nitrogen and oxygen atoms in total. The summed E-state index contributed by atoms with van der Waals surface area (Å²) in [5.74, 6) is 1.32. The molecule has 0 N–H and O–H groups in total. The monoisotopic (exact) mass is 434 g/mol. The van der Waals surface area contributed by atoms with Crippen molar-refractivity contribution in [3.63, 3.8) is 0 Å². The first-order chi connectivity index (χ1) is 14.7. The number of hydrogen-bond acceptors (Lipinski definition) is 3. The van der Waals surface area contributed by atoms with Crippen molar-refractivity contribution >= 4 is 5.97 Å². The summed E-state index contributed by atoms with van der Waals surface area (Å²) in [6.45, 7) is 3.54. The minimum absolute atomic E-state index is 0.265. The van der Waals surface area contributed by atoms with Crippen LogP contribution in [0.25, 0.3) is 0 Å². The second-order valence-corrected chi connectivity index (χ2v) is 8.29. The van der Waals surface area contributed by atoms with Crippen LogP contribution in [0.4, 0.5) is 13.2 Å². The van der Waals surface area contributed by atoms with Crippen LogP contribution in [0, 0.1) is 5.92 Å². The first kappa shape index (κ1) is 23.3. The maximum Gasteiger partial charge on any atom is 0.523 e. The van der Waals surface area contributed by atoms with E-state index in [1.54, 1.807) is 12.1 Å². The molecule has 1 atom stereocenters. The SMILES string of the molecule is CCCC1CCC(c2ccc(OC(=O)c3ccc(C(C)OC(F)(F)F)cc3)cc2)CC1. The van der Waals surface area contributed by atoms with Gasteiger partial charge in [0.2, 0.25) is 0 Å². The summed E-state index contributed by atoms with van der Waals surface area (Å²) in [7, 11) is 0. The molecule has 0 aliphatic heterocycles. The minimum Gasteiger partial charge on any atom is -0.423 e. The fourth-order valence-corrected chi connectivity index (χ4v) is 4.33. The molecule has 1 saturated carbocycles. The van der Waals surface area contributed by atoms with Gasteiger partial charge in [0.1, 0.15) is 5.75 Å². The molecule has 3 rings (SSSR count). The predicted molar refractivity (Wildman–Crippen MR) is 113 cm³/mol. The Morgan fingerprint density at radius 2 is 1.61 bits per heavy atom. The zero-order valence-corrected chi connectivity index (χ0v) is 18.0. The minimum atomic E-state index is -4.71. The van der Waals surface area contributed by atoms with Crippen molar-refractivity contribution in [2.75, 3.05) is 0 Å². The van der Waals surface area contributed by atoms with Crippen LogP contribution < -0.4 is 4.74 Å². The third-order valence-electron chi connectivity index (χ3n) is 6.03. The Bertz CT molecular complexity index is 836. The molecule has 0 bridgehead atoms. The topological polar surface area (TPSA) is 35.5 Å². The fraction of sp³-hybridized carbons (Fsp3) is 0.480. The van der Waals surface area contributed by atoms with Crippen molar-refractivity contribution in [1.82, 2.24) is 0 Å². The number of ether oxygens (including phenoxy) is 2. The highest BCUT2D eigenvalue weighted by Gasteiger charge is 2.32. The summed E-state index contributed by atoms with van der Waals surface area (Å²) in [5, 5.41) is 0. The Hall–Kier alpha value is -2.34. The normalized spacial score (nSPS) is 20.3. The van der Waals surface area contributed by atoms with Crippen molar-refractivity contribution < 1.29 is 27.4 Å². The van der Waals surface area contributed by atoms with Crippen LogP contribution in [0.1, 0.15) is 85.9 Å². The molecule has 0 spiro atoms. The van der Waals surface area contributed by atoms with Crippen LogP contribution in [0.5, 0.6) is 5.75 Å². The quantitative estimate of drug-likeness (QED) is 0.333. The summed E-state index contributed by atoms with van der Waals surface area (Å²) in [6.07, 6.45) is 1.65. The summed E-state index contributed by atoms with van der Waals surface area (Å²) >= 11 is 0. The van der Waals surface area contributed by atoms with Crippen molar-refractivity contribution in [3.05, 3.63) is 65.2 Å². The Balaban J connectivity index is 1.55. The van der Waals surface area contributed by atoms with Crippen molar-refractivity contribution in [3.8, 4) is 5.75 Å². The van der Waals surface area contributed by atoms with Gasteiger partial charge in [-0.15, -0.1) is 13.2 Å². The highest BCUT2D eigenvalue weighted by atomic mass is 19.4. The van der Waals surface area contributed by atoms with Gasteiger partial charge >= 0.3 is 12.3 Å². The highest BCUT2D eigenvalue weighted by molar-refractivity contribution is 5.91. The third kappa shape index (κ3) is 6.82. The number of esters is 1. The smallest absolute Gasteiger partial charge is 0.423 e. The van der Waals surface area contributed by atoms with Gasteiger partial charge in [0.05, 0.1) is 11.7 Å². The molecule has 0 saturated heterocycles. The predicted octanol–water partition coefficient (Wildman–Crippen LogP) is 7.58. The van der Waals surface area contributed by atoms with E-state index in [0.717, 1.165) is 5.92 Å². The lowest BCUT2D eigenvalue weighted by Gasteiger charge is -2.28. The average Bonchev–Trinajstić information content (AvgIpc) is 2.74. The van der Waals surface area contributed by atoms with E-state index in [-0.39, 0.29) is 5.56 Å². The van der Waals surface area contributed by atoms with E-state index >= 15 is 0 Å². The Morgan fingerprint density at radius 3 is 2.16 bits per heavy atom. The second kappa shape index (κ2) is 10.3. The van der Waals surface area contributed by atoms with E-state index in [0.29, 0.717) is 17.2 Å². The molecule has 0 heterocycles. The number of hydrogen-bond donors (Lipinski definition) is 0. The average molecular weight is 434 g/mol. The lowest BCUT2D eigenvalue weighted by atomic mass is 9.77. The first-order valence-corrected chi connectivity index (χ1v) is 10.9. The Kier molecular flexibility index (Phi) is 7.76. The number of carbonyl (C=O) groups excluding carboxylic acids is 1. The van der Waals surface area contributed by atoms with Gasteiger partial charge < -0.3 is 4.74 Å². The fourth-order valence-electron chi connectivity index (χ4n) is 4.33. The Labute approximate surface area is 181 Å². The summed E-state index contributed by atoms with van der Waals surface area (Å²) in [6, 6.07) is 13.4. The van der Waals surface area contributed by atoms with Crippen LogP contribution >= 0.6 is 0 Å². The van der Waals surface area contributed by atoms with Crippen LogP contribution in [0.15, 0.2) is 48.5 Å². The molecular formula is C25H29F3O3. The molecule has 0 radical (unpaired) electrons. The van der Waals surface area contributed by atoms with Crippen LogP contribution in [-0.2, 0) is 4.74 Å². The number of benzene rings is 2. The molecule has 0 aromatic heterocycles. The third-order valence-corrected chi connectivity index (χ3v) is 6.03. The van der Waals surface area contributed by atoms with Gasteiger partial charge in [0.15, 0.2) is 0 Å². The van der Waals surface area contributed by atoms with E-state index in [4.69, 9.17) is 4.74 Å². The van der Waals surface area contributed by atoms with Gasteiger partial charge in [-0.3, -0.25) is 4.74 Å². The molecule has 1 aliphatic rings. The van der Waals surface area contributed by atoms with Crippen molar-refractivity contribution in [2.45, 2.75) is 70.8 Å². The Morgan fingerprint density at radius 1 is 1.00 bits per heavy atom. The van der Waals surface area contributed by atoms with E-state index in [1.807, 2.05) is 12.1 Å². The number of rotatable bonds is 7. The largest absolute Gasteiger partial charge is 0.523 e. The molecule has 2 aromatic carbocycles. The number of halogens is 3. The van der Waals surface area contributed by atoms with Crippen molar-refractivity contribution in [1.29, 1.82) is 0 Å². The molecule has 168 valence electrons. The van der Waals surface area contributed by atoms with Gasteiger partial charge in [-0.05, 0) is 79.8 Å². The zero-order chi connectivity index (χ0) is 22.4. The molecule has 2 aromatic rings. The molecule has 0 amide bonds. The van der Waals surface area contributed by atoms with E-state index in [1.165, 1.54) is 75.3 Å². The highest BCUT2D eigenvalue weighted by Crippen LogP contribution is 2.38. The molecule has 31 heavy (non-hydrogen) atoms. The standard InChI is InChI=1S/C25H29F3O3/c1-3-4-18-5-7-20(8-6-18)21-13-15-23(16-14-21)30-24(29)22-11-9-19(10-12-22)17(2)31-25(26,27)28/h9-18,20H,3-8H2,1-2H3. The first-order valence-electron chi connectivity index (χ1n) is 10.9. The number of alkyl halides is 3. The molecular weight excluding hydrogens is 405 g/mol. The molecule has 1 aliphatic carbocycles. The summed E-state index contributed by atoms with van der Waals surface area (Å²) < 4.78 is 46.4. The van der Waals surface area contributed by atoms with E-state index in [2.05, 4.69) is 11.7 Å². The van der Waals surface area contributed by atoms with E-state index < -0.39 is 18.4 Å². The van der Waals surface area contributed by atoms with Gasteiger partial charge in [-0.1, -0.05) is 44.0 Å². The maximum atomic E-state index is 12.4. The van der Waals surface area contributed by atoms with Gasteiger partial charge in [0, 0.05) is 0 Å². The lowest BCUT2D eigenvalue weighted by molar-refractivity contribution is -0.342. The zero-order valence-electron chi connectivity index (χ0n) is 18.0. The lowest BCUT2D eigenvalue weighted by Crippen LogP contribution is -2.16. The summed E-state index contributed by atoms with van der Waals surface area (Å²) in [4.78, 5) is 12.4. The molecule has 1 unspecified atom stereocenters. The van der Waals surface area contributed by atoms with Crippen molar-refractivity contribution in [2.24, 2.45) is 5.92 Å². The summed E-state index contributed by atoms with van der Waals surface area (Å²) in [5.41, 5.74) is 1.87. The van der Waals surface area contributed by atoms with Crippen LogP contribution in [-0.4, -0.2) is 12.3 Å².